The normalized spacial score (nSPS) is 11.2. The average molecular weight is 362 g/mol. The van der Waals surface area contributed by atoms with Crippen molar-refractivity contribution >= 4 is 28.5 Å². The van der Waals surface area contributed by atoms with Crippen LogP contribution in [0.15, 0.2) is 30.5 Å². The molecule has 0 atom stereocenters. The number of nitrogens with zero attached hydrogens (tertiary/aromatic N) is 2. The van der Waals surface area contributed by atoms with Crippen molar-refractivity contribution < 1.29 is 28.7 Å². The van der Waals surface area contributed by atoms with Crippen molar-refractivity contribution in [3.8, 4) is 0 Å². The second kappa shape index (κ2) is 7.34. The first kappa shape index (κ1) is 19.1. The Hall–Kier alpha value is -3.23. The van der Waals surface area contributed by atoms with Crippen LogP contribution in [0.5, 0.6) is 0 Å². The number of carbonyl (C=O) groups excluding carboxylic acids is 2. The number of nitro groups is 1. The summed E-state index contributed by atoms with van der Waals surface area (Å²) in [5.41, 5.74) is -3.02. The lowest BCUT2D eigenvalue weighted by molar-refractivity contribution is -0.578. The van der Waals surface area contributed by atoms with Gasteiger partial charge in [0.2, 0.25) is 5.52 Å². The van der Waals surface area contributed by atoms with E-state index in [9.17, 15) is 24.9 Å². The molecule has 0 N–H and O–H groups in total. The highest BCUT2D eigenvalue weighted by molar-refractivity contribution is 6.08. The molecule has 0 fully saturated rings. The number of aromatic nitrogens is 1. The van der Waals surface area contributed by atoms with E-state index < -0.39 is 28.0 Å². The molecule has 138 valence electrons. The molecule has 2 rings (SSSR count). The van der Waals surface area contributed by atoms with Gasteiger partial charge in [0.1, 0.15) is 10.9 Å². The molecule has 9 nitrogen and oxygen atoms in total. The molecule has 0 aliphatic carbocycles. The van der Waals surface area contributed by atoms with Crippen LogP contribution in [0.4, 0.5) is 5.69 Å². The van der Waals surface area contributed by atoms with E-state index in [0.717, 1.165) is 13.1 Å². The fraction of sp³-hybridized carbons (Fsp3) is 0.353. The summed E-state index contributed by atoms with van der Waals surface area (Å²) >= 11 is 0. The Kier molecular flexibility index (Phi) is 5.39. The summed E-state index contributed by atoms with van der Waals surface area (Å²) in [7, 11) is 0. The molecule has 1 aromatic carbocycles. The van der Waals surface area contributed by atoms with Crippen LogP contribution in [0.2, 0.25) is 0 Å². The molecule has 0 aliphatic heterocycles. The van der Waals surface area contributed by atoms with Crippen molar-refractivity contribution in [2.24, 2.45) is 0 Å². The predicted octanol–water partition coefficient (Wildman–Crippen LogP) is 1.77. The van der Waals surface area contributed by atoms with E-state index in [1.165, 1.54) is 32.0 Å². The number of esters is 2. The number of para-hydroxylation sites is 1. The molecule has 0 amide bonds. The minimum Gasteiger partial charge on any atom is -0.618 e. The molecule has 0 bridgehead atoms. The van der Waals surface area contributed by atoms with Crippen LogP contribution in [0.1, 0.15) is 26.3 Å². The highest BCUT2D eigenvalue weighted by Gasteiger charge is 2.52. The zero-order valence-corrected chi connectivity index (χ0v) is 14.6. The Morgan fingerprint density at radius 3 is 2.19 bits per heavy atom. The van der Waals surface area contributed by atoms with E-state index in [1.54, 1.807) is 6.07 Å². The summed E-state index contributed by atoms with van der Waals surface area (Å²) in [5, 5.41) is 24.1. The molecule has 0 spiro atoms. The summed E-state index contributed by atoms with van der Waals surface area (Å²) in [4.78, 5) is 36.1. The molecule has 0 radical (unpaired) electrons. The molecule has 0 unspecified atom stereocenters. The van der Waals surface area contributed by atoms with Crippen LogP contribution in [0.3, 0.4) is 0 Å². The van der Waals surface area contributed by atoms with Gasteiger partial charge in [-0.3, -0.25) is 19.7 Å². The lowest BCUT2D eigenvalue weighted by Crippen LogP contribution is -2.46. The number of hydrogen-bond acceptors (Lipinski definition) is 7. The highest BCUT2D eigenvalue weighted by atomic mass is 16.6. The van der Waals surface area contributed by atoms with Gasteiger partial charge in [0.25, 0.3) is 5.69 Å². The Morgan fingerprint density at radius 1 is 1.15 bits per heavy atom. The van der Waals surface area contributed by atoms with Crippen LogP contribution in [-0.4, -0.2) is 30.1 Å². The lowest BCUT2D eigenvalue weighted by atomic mass is 9.81. The van der Waals surface area contributed by atoms with Crippen LogP contribution in [-0.2, 0) is 24.5 Å². The Labute approximate surface area is 148 Å². The molecule has 1 heterocycles. The summed E-state index contributed by atoms with van der Waals surface area (Å²) in [6.45, 7) is 4.12. The SMILES string of the molecule is CCOC(=O)C(C)(C(=O)OCC)c1c[n+]([O-])c2ccccc2c1[N+](=O)[O-]. The van der Waals surface area contributed by atoms with Gasteiger partial charge in [0.05, 0.1) is 18.1 Å². The van der Waals surface area contributed by atoms with Gasteiger partial charge in [-0.1, -0.05) is 12.1 Å². The minimum atomic E-state index is -2.16. The number of fused-ring (bicyclic) bond motifs is 1. The number of rotatable bonds is 6. The zero-order valence-electron chi connectivity index (χ0n) is 14.6. The minimum absolute atomic E-state index is 0.00446. The highest BCUT2D eigenvalue weighted by Crippen LogP contribution is 2.37. The topological polar surface area (TPSA) is 123 Å². The van der Waals surface area contributed by atoms with E-state index >= 15 is 0 Å². The van der Waals surface area contributed by atoms with Gasteiger partial charge in [-0.25, -0.2) is 0 Å². The molecule has 0 saturated carbocycles. The van der Waals surface area contributed by atoms with Gasteiger partial charge >= 0.3 is 11.9 Å². The number of pyridine rings is 1. The summed E-state index contributed by atoms with van der Waals surface area (Å²) in [6.07, 6.45) is 0.855. The maximum Gasteiger partial charge on any atom is 0.328 e. The van der Waals surface area contributed by atoms with Crippen molar-refractivity contribution in [3.05, 3.63) is 51.3 Å². The Morgan fingerprint density at radius 2 is 1.69 bits per heavy atom. The smallest absolute Gasteiger partial charge is 0.328 e. The third-order valence-corrected chi connectivity index (χ3v) is 3.99. The predicted molar refractivity (Wildman–Crippen MR) is 90.2 cm³/mol. The molecule has 1 aromatic heterocycles. The van der Waals surface area contributed by atoms with E-state index in [4.69, 9.17) is 9.47 Å². The molecular weight excluding hydrogens is 344 g/mol. The third kappa shape index (κ3) is 3.03. The fourth-order valence-electron chi connectivity index (χ4n) is 2.68. The van der Waals surface area contributed by atoms with Gasteiger partial charge in [-0.2, -0.15) is 4.73 Å². The molecule has 2 aromatic rings. The second-order valence-electron chi connectivity index (χ2n) is 5.56. The largest absolute Gasteiger partial charge is 0.618 e. The first-order chi connectivity index (χ1) is 12.3. The van der Waals surface area contributed by atoms with Gasteiger partial charge in [0.15, 0.2) is 11.6 Å². The van der Waals surface area contributed by atoms with Crippen LogP contribution < -0.4 is 4.73 Å². The standard InChI is InChI=1S/C17H18N2O7/c1-4-25-15(20)17(3,16(21)26-5-2)12-10-18(22)13-9-7-6-8-11(13)14(12)19(23)24/h6-10H,4-5H2,1-3H3. The Bertz CT molecular complexity index is 861. The number of ether oxygens (including phenoxy) is 2. The van der Waals surface area contributed by atoms with Gasteiger partial charge in [-0.15, -0.1) is 0 Å². The number of carbonyl (C=O) groups is 2. The van der Waals surface area contributed by atoms with E-state index in [2.05, 4.69) is 0 Å². The van der Waals surface area contributed by atoms with Gasteiger partial charge in [-0.05, 0) is 26.8 Å². The number of hydrogen-bond donors (Lipinski definition) is 0. The Balaban J connectivity index is 2.90. The van der Waals surface area contributed by atoms with E-state index in [-0.39, 0.29) is 29.7 Å². The first-order valence-electron chi connectivity index (χ1n) is 7.93. The van der Waals surface area contributed by atoms with E-state index in [1.807, 2.05) is 0 Å². The van der Waals surface area contributed by atoms with Crippen LogP contribution >= 0.6 is 0 Å². The second-order valence-corrected chi connectivity index (χ2v) is 5.56. The molecular formula is C17H18N2O7. The van der Waals surface area contributed by atoms with Gasteiger partial charge in [0, 0.05) is 6.07 Å². The average Bonchev–Trinajstić information content (AvgIpc) is 2.60. The van der Waals surface area contributed by atoms with Crippen LogP contribution in [0, 0.1) is 15.3 Å². The van der Waals surface area contributed by atoms with Crippen molar-refractivity contribution in [2.75, 3.05) is 13.2 Å². The first-order valence-corrected chi connectivity index (χ1v) is 7.93. The fourth-order valence-corrected chi connectivity index (χ4v) is 2.68. The quantitative estimate of drug-likeness (QED) is 0.192. The van der Waals surface area contributed by atoms with Crippen LogP contribution in [0.25, 0.3) is 10.9 Å². The summed E-state index contributed by atoms with van der Waals surface area (Å²) in [5.74, 6) is -2.06. The lowest BCUT2D eigenvalue weighted by Gasteiger charge is -2.24. The molecule has 0 aliphatic rings. The monoisotopic (exact) mass is 362 g/mol. The zero-order chi connectivity index (χ0) is 19.5. The molecule has 9 heteroatoms. The maximum atomic E-state index is 12.5. The van der Waals surface area contributed by atoms with Crippen molar-refractivity contribution in [1.29, 1.82) is 0 Å². The molecule has 26 heavy (non-hydrogen) atoms. The van der Waals surface area contributed by atoms with Crippen molar-refractivity contribution in [1.82, 2.24) is 0 Å². The maximum absolute atomic E-state index is 12.5. The van der Waals surface area contributed by atoms with E-state index in [0.29, 0.717) is 4.73 Å². The molecule has 0 saturated heterocycles. The number of benzene rings is 1. The summed E-state index contributed by atoms with van der Waals surface area (Å²) < 4.78 is 10.3. The van der Waals surface area contributed by atoms with Gasteiger partial charge < -0.3 is 14.7 Å². The van der Waals surface area contributed by atoms with Crippen molar-refractivity contribution in [3.63, 3.8) is 0 Å². The van der Waals surface area contributed by atoms with Crippen molar-refractivity contribution in [2.45, 2.75) is 26.2 Å². The summed E-state index contributed by atoms with van der Waals surface area (Å²) in [6, 6.07) is 5.86. The third-order valence-electron chi connectivity index (χ3n) is 3.99.